The van der Waals surface area contributed by atoms with Gasteiger partial charge in [0, 0.05) is 31.6 Å². The quantitative estimate of drug-likeness (QED) is 0.873. The number of carbonyl (C=O) groups is 1. The summed E-state index contributed by atoms with van der Waals surface area (Å²) in [5.41, 5.74) is 1.03. The molecule has 2 aliphatic rings. The highest BCUT2D eigenvalue weighted by molar-refractivity contribution is 5.96. The number of anilines is 2. The van der Waals surface area contributed by atoms with Gasteiger partial charge in [-0.1, -0.05) is 13.3 Å². The lowest BCUT2D eigenvalue weighted by Gasteiger charge is -2.29. The second-order valence-electron chi connectivity index (χ2n) is 6.12. The van der Waals surface area contributed by atoms with Crippen molar-refractivity contribution < 1.29 is 4.79 Å². The Kier molecular flexibility index (Phi) is 5.64. The number of pyridine rings is 1. The van der Waals surface area contributed by atoms with E-state index in [1.54, 1.807) is 0 Å². The molecule has 122 valence electrons. The van der Waals surface area contributed by atoms with E-state index in [4.69, 9.17) is 0 Å². The number of hydrogen-bond donors (Lipinski definition) is 2. The summed E-state index contributed by atoms with van der Waals surface area (Å²) in [6.07, 6.45) is 5.94. The van der Waals surface area contributed by atoms with Crippen molar-refractivity contribution >= 4 is 29.8 Å². The summed E-state index contributed by atoms with van der Waals surface area (Å²) in [4.78, 5) is 19.0. The van der Waals surface area contributed by atoms with Crippen LogP contribution in [-0.4, -0.2) is 37.1 Å². The molecule has 0 radical (unpaired) electrons. The zero-order chi connectivity index (χ0) is 14.7. The van der Waals surface area contributed by atoms with Gasteiger partial charge in [-0.05, 0) is 31.4 Å². The minimum absolute atomic E-state index is 0. The van der Waals surface area contributed by atoms with Crippen LogP contribution in [0, 0.1) is 5.41 Å². The Balaban J connectivity index is 0.00000176. The molecule has 5 nitrogen and oxygen atoms in total. The Morgan fingerprint density at radius 1 is 1.36 bits per heavy atom. The van der Waals surface area contributed by atoms with Crippen LogP contribution in [0.15, 0.2) is 18.3 Å². The van der Waals surface area contributed by atoms with E-state index in [9.17, 15) is 4.79 Å². The zero-order valence-electron chi connectivity index (χ0n) is 13.1. The van der Waals surface area contributed by atoms with Crippen molar-refractivity contribution in [3.05, 3.63) is 18.3 Å². The minimum Gasteiger partial charge on any atom is -0.368 e. The summed E-state index contributed by atoms with van der Waals surface area (Å²) in [5, 5.41) is 6.32. The van der Waals surface area contributed by atoms with Crippen LogP contribution in [0.2, 0.25) is 0 Å². The lowest BCUT2D eigenvalue weighted by molar-refractivity contribution is -0.121. The molecule has 1 aliphatic heterocycles. The number of nitrogens with zero attached hydrogens (tertiary/aromatic N) is 2. The first-order chi connectivity index (χ1) is 10.2. The van der Waals surface area contributed by atoms with E-state index in [-0.39, 0.29) is 23.7 Å². The van der Waals surface area contributed by atoms with Gasteiger partial charge in [-0.15, -0.1) is 12.4 Å². The van der Waals surface area contributed by atoms with Gasteiger partial charge in [-0.2, -0.15) is 0 Å². The molecular weight excluding hydrogens is 300 g/mol. The molecule has 2 N–H and O–H groups in total. The summed E-state index contributed by atoms with van der Waals surface area (Å²) in [6, 6.07) is 3.96. The van der Waals surface area contributed by atoms with E-state index in [2.05, 4.69) is 27.4 Å². The molecule has 3 rings (SSSR count). The highest BCUT2D eigenvalue weighted by atomic mass is 35.5. The number of carbonyl (C=O) groups excluding carboxylic acids is 1. The maximum atomic E-state index is 12.3. The predicted molar refractivity (Wildman–Crippen MR) is 91.8 cm³/mol. The number of hydrogen-bond acceptors (Lipinski definition) is 4. The number of rotatable bonds is 5. The Hall–Kier alpha value is -1.33. The van der Waals surface area contributed by atoms with Crippen molar-refractivity contribution in [2.75, 3.05) is 36.4 Å². The Labute approximate surface area is 138 Å². The fourth-order valence-corrected chi connectivity index (χ4v) is 3.04. The first kappa shape index (κ1) is 17.0. The maximum Gasteiger partial charge on any atom is 0.231 e. The first-order valence-electron chi connectivity index (χ1n) is 7.97. The lowest BCUT2D eigenvalue weighted by Crippen LogP contribution is -2.43. The molecule has 1 aromatic heterocycles. The predicted octanol–water partition coefficient (Wildman–Crippen LogP) is 2.43. The fourth-order valence-electron chi connectivity index (χ4n) is 3.04. The molecular formula is C16H25ClN4O. The third kappa shape index (κ3) is 3.70. The average molecular weight is 325 g/mol. The Bertz CT molecular complexity index is 495. The number of piperazine rings is 1. The molecule has 1 amide bonds. The van der Waals surface area contributed by atoms with E-state index >= 15 is 0 Å². The third-order valence-electron chi connectivity index (χ3n) is 4.54. The second kappa shape index (κ2) is 7.29. The van der Waals surface area contributed by atoms with Gasteiger partial charge in [0.05, 0.1) is 11.9 Å². The molecule has 0 bridgehead atoms. The van der Waals surface area contributed by atoms with Crippen LogP contribution in [0.1, 0.15) is 32.6 Å². The number of halogens is 1. The Morgan fingerprint density at radius 2 is 2.09 bits per heavy atom. The van der Waals surface area contributed by atoms with E-state index in [1.165, 1.54) is 0 Å². The summed E-state index contributed by atoms with van der Waals surface area (Å²) >= 11 is 0. The molecule has 6 heteroatoms. The lowest BCUT2D eigenvalue weighted by atomic mass is 10.00. The van der Waals surface area contributed by atoms with E-state index < -0.39 is 0 Å². The highest BCUT2D eigenvalue weighted by Crippen LogP contribution is 2.50. The molecule has 2 fully saturated rings. The second-order valence-corrected chi connectivity index (χ2v) is 6.12. The average Bonchev–Trinajstić information content (AvgIpc) is 3.30. The standard InChI is InChI=1S/C16H24N4O.ClH/c1-2-5-16(6-7-16)15(21)19-14-4-3-13(12-18-14)20-10-8-17-9-11-20;/h3-4,12,17H,2,5-11H2,1H3,(H,18,19,21);1H. The zero-order valence-corrected chi connectivity index (χ0v) is 13.9. The van der Waals surface area contributed by atoms with Crippen molar-refractivity contribution in [3.8, 4) is 0 Å². The van der Waals surface area contributed by atoms with Crippen molar-refractivity contribution in [2.24, 2.45) is 5.41 Å². The van der Waals surface area contributed by atoms with Gasteiger partial charge >= 0.3 is 0 Å². The van der Waals surface area contributed by atoms with Crippen molar-refractivity contribution in [3.63, 3.8) is 0 Å². The van der Waals surface area contributed by atoms with Crippen LogP contribution in [0.3, 0.4) is 0 Å². The van der Waals surface area contributed by atoms with Crippen LogP contribution in [0.4, 0.5) is 11.5 Å². The molecule has 0 unspecified atom stereocenters. The number of aromatic nitrogens is 1. The molecule has 1 aromatic rings. The van der Waals surface area contributed by atoms with Gasteiger partial charge in [0.15, 0.2) is 0 Å². The summed E-state index contributed by atoms with van der Waals surface area (Å²) in [6.45, 7) is 6.17. The van der Waals surface area contributed by atoms with Crippen molar-refractivity contribution in [1.82, 2.24) is 10.3 Å². The van der Waals surface area contributed by atoms with Crippen LogP contribution < -0.4 is 15.5 Å². The van der Waals surface area contributed by atoms with Crippen molar-refractivity contribution in [2.45, 2.75) is 32.6 Å². The fraction of sp³-hybridized carbons (Fsp3) is 0.625. The van der Waals surface area contributed by atoms with E-state index in [0.29, 0.717) is 5.82 Å². The molecule has 0 spiro atoms. The van der Waals surface area contributed by atoms with Crippen LogP contribution in [-0.2, 0) is 4.79 Å². The van der Waals surface area contributed by atoms with E-state index in [1.807, 2.05) is 18.3 Å². The normalized spacial score (nSPS) is 19.2. The highest BCUT2D eigenvalue weighted by Gasteiger charge is 2.48. The van der Waals surface area contributed by atoms with Crippen LogP contribution >= 0.6 is 12.4 Å². The van der Waals surface area contributed by atoms with Gasteiger partial charge in [-0.3, -0.25) is 4.79 Å². The Morgan fingerprint density at radius 3 is 2.64 bits per heavy atom. The van der Waals surface area contributed by atoms with Gasteiger partial charge in [0.1, 0.15) is 5.82 Å². The monoisotopic (exact) mass is 324 g/mol. The SMILES string of the molecule is CCCC1(C(=O)Nc2ccc(N3CCNCC3)cn2)CC1.Cl. The minimum atomic E-state index is -0.104. The molecule has 1 aliphatic carbocycles. The number of nitrogens with one attached hydrogen (secondary N) is 2. The summed E-state index contributed by atoms with van der Waals surface area (Å²) in [5.74, 6) is 0.813. The van der Waals surface area contributed by atoms with Gasteiger partial charge in [-0.25, -0.2) is 4.98 Å². The van der Waals surface area contributed by atoms with Gasteiger partial charge in [0.2, 0.25) is 5.91 Å². The molecule has 22 heavy (non-hydrogen) atoms. The largest absolute Gasteiger partial charge is 0.368 e. The van der Waals surface area contributed by atoms with E-state index in [0.717, 1.165) is 57.5 Å². The third-order valence-corrected chi connectivity index (χ3v) is 4.54. The molecule has 2 heterocycles. The van der Waals surface area contributed by atoms with Crippen LogP contribution in [0.5, 0.6) is 0 Å². The van der Waals surface area contributed by atoms with Gasteiger partial charge < -0.3 is 15.5 Å². The number of amides is 1. The molecule has 0 aromatic carbocycles. The summed E-state index contributed by atoms with van der Waals surface area (Å²) < 4.78 is 0. The topological polar surface area (TPSA) is 57.3 Å². The molecule has 1 saturated carbocycles. The maximum absolute atomic E-state index is 12.3. The first-order valence-corrected chi connectivity index (χ1v) is 7.97. The van der Waals surface area contributed by atoms with Crippen molar-refractivity contribution in [1.29, 1.82) is 0 Å². The molecule has 1 saturated heterocycles. The van der Waals surface area contributed by atoms with Gasteiger partial charge in [0.25, 0.3) is 0 Å². The summed E-state index contributed by atoms with van der Waals surface area (Å²) in [7, 11) is 0. The molecule has 0 atom stereocenters. The van der Waals surface area contributed by atoms with Crippen LogP contribution in [0.25, 0.3) is 0 Å². The smallest absolute Gasteiger partial charge is 0.231 e.